The van der Waals surface area contributed by atoms with E-state index in [2.05, 4.69) is 10.1 Å². The van der Waals surface area contributed by atoms with E-state index in [1.807, 2.05) is 0 Å². The Kier molecular flexibility index (Phi) is 6.44. The lowest BCUT2D eigenvalue weighted by Crippen LogP contribution is -2.56. The lowest BCUT2D eigenvalue weighted by atomic mass is 10.1. The maximum atomic E-state index is 13.1. The number of esters is 1. The van der Waals surface area contributed by atoms with E-state index in [-0.39, 0.29) is 29.9 Å². The highest BCUT2D eigenvalue weighted by molar-refractivity contribution is 6.21. The minimum absolute atomic E-state index is 0.119. The van der Waals surface area contributed by atoms with Crippen molar-refractivity contribution >= 4 is 29.6 Å². The van der Waals surface area contributed by atoms with Crippen LogP contribution in [-0.2, 0) is 20.9 Å². The molecular weight excluding hydrogens is 402 g/mol. The molecule has 31 heavy (non-hydrogen) atoms. The molecule has 9 heteroatoms. The summed E-state index contributed by atoms with van der Waals surface area (Å²) in [6.07, 6.45) is -0.292. The highest BCUT2D eigenvalue weighted by Gasteiger charge is 2.42. The molecule has 160 valence electrons. The number of Topliss-reactive ketones (excluding diaryl/α,β-unsaturated/α-hetero) is 1. The molecule has 1 aliphatic heterocycles. The number of imide groups is 1. The predicted octanol–water partition coefficient (Wildman–Crippen LogP) is 1.93. The van der Waals surface area contributed by atoms with Crippen LogP contribution in [0.5, 0.6) is 0 Å². The van der Waals surface area contributed by atoms with Gasteiger partial charge >= 0.3 is 12.0 Å². The van der Waals surface area contributed by atoms with Gasteiger partial charge in [-0.3, -0.25) is 14.4 Å². The number of amides is 4. The summed E-state index contributed by atoms with van der Waals surface area (Å²) in [7, 11) is 1.13. The Morgan fingerprint density at radius 3 is 2.03 bits per heavy atom. The van der Waals surface area contributed by atoms with Crippen molar-refractivity contribution in [3.63, 3.8) is 0 Å². The molecule has 0 fully saturated rings. The van der Waals surface area contributed by atoms with Crippen molar-refractivity contribution in [2.45, 2.75) is 25.9 Å². The van der Waals surface area contributed by atoms with Gasteiger partial charge < -0.3 is 10.1 Å². The molecule has 1 heterocycles. The molecular formula is C22H21N3O6. The smallest absolute Gasteiger partial charge is 0.337 e. The molecule has 1 unspecified atom stereocenters. The first-order valence-electron chi connectivity index (χ1n) is 9.50. The Balaban J connectivity index is 1.94. The van der Waals surface area contributed by atoms with E-state index in [0.717, 1.165) is 17.1 Å². The van der Waals surface area contributed by atoms with Crippen molar-refractivity contribution in [2.75, 3.05) is 7.11 Å². The summed E-state index contributed by atoms with van der Waals surface area (Å²) in [5.74, 6) is -2.47. The van der Waals surface area contributed by atoms with Crippen LogP contribution in [0.25, 0.3) is 0 Å². The summed E-state index contributed by atoms with van der Waals surface area (Å²) in [5.41, 5.74) is 0.994. The lowest BCUT2D eigenvalue weighted by Gasteiger charge is -2.31. The molecule has 1 aliphatic rings. The SMILES string of the molecule is COC(=O)C(CC(C)=O)NC(=O)N(Cc1ccccc1)N1C(=O)c2ccccc2C1=O. The number of carbonyl (C=O) groups excluding carboxylic acids is 5. The molecule has 2 aromatic rings. The fourth-order valence-electron chi connectivity index (χ4n) is 3.23. The summed E-state index contributed by atoms with van der Waals surface area (Å²) < 4.78 is 4.66. The Hall–Kier alpha value is -4.01. The second-order valence-corrected chi connectivity index (χ2v) is 6.94. The summed E-state index contributed by atoms with van der Waals surface area (Å²) in [6, 6.07) is 12.8. The second-order valence-electron chi connectivity index (χ2n) is 6.94. The molecule has 0 radical (unpaired) electrons. The zero-order valence-corrected chi connectivity index (χ0v) is 17.0. The van der Waals surface area contributed by atoms with Gasteiger partial charge in [-0.1, -0.05) is 42.5 Å². The summed E-state index contributed by atoms with van der Waals surface area (Å²) in [4.78, 5) is 62.6. The van der Waals surface area contributed by atoms with Gasteiger partial charge in [-0.05, 0) is 24.6 Å². The minimum atomic E-state index is -1.26. The first-order chi connectivity index (χ1) is 14.8. The van der Waals surface area contributed by atoms with E-state index in [0.29, 0.717) is 5.56 Å². The fraction of sp³-hybridized carbons (Fsp3) is 0.227. The molecule has 3 rings (SSSR count). The lowest BCUT2D eigenvalue weighted by molar-refractivity contribution is -0.144. The molecule has 4 amide bonds. The van der Waals surface area contributed by atoms with Crippen LogP contribution in [-0.4, -0.2) is 52.8 Å². The number of ketones is 1. The van der Waals surface area contributed by atoms with Crippen molar-refractivity contribution in [3.8, 4) is 0 Å². The number of rotatable bonds is 7. The Labute approximate surface area is 178 Å². The normalized spacial score (nSPS) is 13.4. The quantitative estimate of drug-likeness (QED) is 0.538. The largest absolute Gasteiger partial charge is 0.467 e. The number of carbonyl (C=O) groups is 5. The first-order valence-corrected chi connectivity index (χ1v) is 9.50. The maximum absolute atomic E-state index is 13.1. The van der Waals surface area contributed by atoms with Crippen LogP contribution in [0.2, 0.25) is 0 Å². The third kappa shape index (κ3) is 4.61. The summed E-state index contributed by atoms with van der Waals surface area (Å²) >= 11 is 0. The Morgan fingerprint density at radius 1 is 0.968 bits per heavy atom. The monoisotopic (exact) mass is 423 g/mol. The number of hydrazine groups is 1. The van der Waals surface area contributed by atoms with Gasteiger partial charge in [0.25, 0.3) is 11.8 Å². The van der Waals surface area contributed by atoms with E-state index >= 15 is 0 Å². The van der Waals surface area contributed by atoms with E-state index in [9.17, 15) is 24.0 Å². The van der Waals surface area contributed by atoms with Crippen LogP contribution in [0.4, 0.5) is 4.79 Å². The van der Waals surface area contributed by atoms with Gasteiger partial charge in [0.05, 0.1) is 24.8 Å². The maximum Gasteiger partial charge on any atom is 0.337 e. The number of fused-ring (bicyclic) bond motifs is 1. The average Bonchev–Trinajstić information content (AvgIpc) is 3.01. The number of hydrogen-bond acceptors (Lipinski definition) is 6. The van der Waals surface area contributed by atoms with Crippen molar-refractivity contribution in [1.82, 2.24) is 15.3 Å². The van der Waals surface area contributed by atoms with E-state index < -0.39 is 29.9 Å². The molecule has 1 N–H and O–H groups in total. The van der Waals surface area contributed by atoms with Crippen LogP contribution in [0.15, 0.2) is 54.6 Å². The van der Waals surface area contributed by atoms with Crippen molar-refractivity contribution in [2.24, 2.45) is 0 Å². The van der Waals surface area contributed by atoms with E-state index in [4.69, 9.17) is 0 Å². The number of ether oxygens (including phenoxy) is 1. The molecule has 0 bridgehead atoms. The number of methoxy groups -OCH3 is 1. The zero-order valence-electron chi connectivity index (χ0n) is 17.0. The number of benzene rings is 2. The molecule has 0 saturated carbocycles. The summed E-state index contributed by atoms with van der Waals surface area (Å²) in [5, 5.41) is 4.08. The predicted molar refractivity (Wildman–Crippen MR) is 109 cm³/mol. The Bertz CT molecular complexity index is 1000. The minimum Gasteiger partial charge on any atom is -0.467 e. The van der Waals surface area contributed by atoms with Gasteiger partial charge in [0, 0.05) is 6.42 Å². The van der Waals surface area contributed by atoms with Gasteiger partial charge in [-0.25, -0.2) is 14.6 Å². The number of nitrogens with one attached hydrogen (secondary N) is 1. The fourth-order valence-corrected chi connectivity index (χ4v) is 3.23. The van der Waals surface area contributed by atoms with Gasteiger partial charge in [0.15, 0.2) is 0 Å². The second kappa shape index (κ2) is 9.21. The molecule has 2 aromatic carbocycles. The zero-order chi connectivity index (χ0) is 22.5. The highest BCUT2D eigenvalue weighted by Crippen LogP contribution is 2.25. The van der Waals surface area contributed by atoms with Gasteiger partial charge in [-0.15, -0.1) is 0 Å². The van der Waals surface area contributed by atoms with Crippen LogP contribution < -0.4 is 5.32 Å². The highest BCUT2D eigenvalue weighted by atomic mass is 16.5. The van der Waals surface area contributed by atoms with Crippen molar-refractivity contribution in [1.29, 1.82) is 0 Å². The Morgan fingerprint density at radius 2 is 1.52 bits per heavy atom. The van der Waals surface area contributed by atoms with E-state index in [1.54, 1.807) is 42.5 Å². The topological polar surface area (TPSA) is 113 Å². The molecule has 1 atom stereocenters. The number of urea groups is 1. The molecule has 0 aliphatic carbocycles. The molecule has 0 saturated heterocycles. The van der Waals surface area contributed by atoms with Crippen LogP contribution in [0.3, 0.4) is 0 Å². The molecule has 9 nitrogen and oxygen atoms in total. The third-order valence-corrected chi connectivity index (χ3v) is 4.70. The van der Waals surface area contributed by atoms with Gasteiger partial charge in [0.1, 0.15) is 11.8 Å². The first kappa shape index (κ1) is 21.7. The van der Waals surface area contributed by atoms with E-state index in [1.165, 1.54) is 19.1 Å². The third-order valence-electron chi connectivity index (χ3n) is 4.70. The van der Waals surface area contributed by atoms with Crippen molar-refractivity contribution < 1.29 is 28.7 Å². The standard InChI is InChI=1S/C22H21N3O6/c1-14(26)12-18(21(29)31-2)23-22(30)24(13-15-8-4-3-5-9-15)25-19(27)16-10-6-7-11-17(16)20(25)28/h3-11,18H,12-13H2,1-2H3,(H,23,30). The molecule has 0 spiro atoms. The molecule has 0 aromatic heterocycles. The van der Waals surface area contributed by atoms with Crippen LogP contribution in [0.1, 0.15) is 39.6 Å². The average molecular weight is 423 g/mol. The van der Waals surface area contributed by atoms with Crippen LogP contribution in [0, 0.1) is 0 Å². The number of nitrogens with zero attached hydrogens (tertiary/aromatic N) is 2. The van der Waals surface area contributed by atoms with Crippen LogP contribution >= 0.6 is 0 Å². The number of hydrogen-bond donors (Lipinski definition) is 1. The van der Waals surface area contributed by atoms with Gasteiger partial charge in [-0.2, -0.15) is 5.01 Å². The van der Waals surface area contributed by atoms with Crippen molar-refractivity contribution in [3.05, 3.63) is 71.3 Å². The summed E-state index contributed by atoms with van der Waals surface area (Å²) in [6.45, 7) is 1.15. The van der Waals surface area contributed by atoms with Gasteiger partial charge in [0.2, 0.25) is 0 Å².